The maximum absolute atomic E-state index is 13.0. The molecule has 3 aromatic rings. The second kappa shape index (κ2) is 9.88. The van der Waals surface area contributed by atoms with Gasteiger partial charge in [-0.25, -0.2) is 0 Å². The van der Waals surface area contributed by atoms with E-state index >= 15 is 0 Å². The molecule has 31 heavy (non-hydrogen) atoms. The Bertz CT molecular complexity index is 1130. The predicted molar refractivity (Wildman–Crippen MR) is 121 cm³/mol. The molecular formula is C24H17F3INO2. The number of nitrogens with zero attached hydrogens (tertiary/aromatic N) is 1. The van der Waals surface area contributed by atoms with E-state index in [2.05, 4.69) is 22.6 Å². The minimum atomic E-state index is -4.48. The number of hydrogen-bond acceptors (Lipinski definition) is 3. The molecule has 0 aromatic heterocycles. The second-order valence-corrected chi connectivity index (χ2v) is 7.82. The SMILES string of the molecule is COc1cc(/C=C(/C#N)c2cccc(C(F)(F)F)c2)ccc1OCc1ccc(I)cc1. The van der Waals surface area contributed by atoms with Crippen LogP contribution in [0.1, 0.15) is 22.3 Å². The van der Waals surface area contributed by atoms with Gasteiger partial charge in [0.1, 0.15) is 6.61 Å². The normalized spacial score (nSPS) is 11.7. The Balaban J connectivity index is 1.84. The van der Waals surface area contributed by atoms with Crippen molar-refractivity contribution in [3.8, 4) is 17.6 Å². The van der Waals surface area contributed by atoms with Crippen molar-refractivity contribution in [2.24, 2.45) is 0 Å². The average Bonchev–Trinajstić information content (AvgIpc) is 2.77. The Morgan fingerprint density at radius 2 is 1.77 bits per heavy atom. The van der Waals surface area contributed by atoms with Gasteiger partial charge in [-0.2, -0.15) is 18.4 Å². The van der Waals surface area contributed by atoms with Crippen LogP contribution in [0.3, 0.4) is 0 Å². The molecule has 7 heteroatoms. The van der Waals surface area contributed by atoms with Crippen LogP contribution in [0.2, 0.25) is 0 Å². The maximum atomic E-state index is 13.0. The lowest BCUT2D eigenvalue weighted by Gasteiger charge is -2.12. The van der Waals surface area contributed by atoms with Crippen molar-refractivity contribution in [2.45, 2.75) is 12.8 Å². The third-order valence-electron chi connectivity index (χ3n) is 4.43. The molecule has 0 unspecified atom stereocenters. The van der Waals surface area contributed by atoms with E-state index in [1.54, 1.807) is 18.2 Å². The molecule has 0 heterocycles. The van der Waals surface area contributed by atoms with Crippen LogP contribution >= 0.6 is 22.6 Å². The molecule has 3 nitrogen and oxygen atoms in total. The van der Waals surface area contributed by atoms with Gasteiger partial charge in [0.05, 0.1) is 24.3 Å². The van der Waals surface area contributed by atoms with Crippen LogP contribution in [0.25, 0.3) is 11.6 Å². The molecule has 0 aliphatic rings. The van der Waals surface area contributed by atoms with Crippen LogP contribution in [0.4, 0.5) is 13.2 Å². The van der Waals surface area contributed by atoms with Crippen molar-refractivity contribution in [3.05, 3.63) is 92.6 Å². The zero-order valence-electron chi connectivity index (χ0n) is 16.4. The lowest BCUT2D eigenvalue weighted by Crippen LogP contribution is -2.04. The quantitative estimate of drug-likeness (QED) is 0.195. The Kier molecular flexibility index (Phi) is 7.23. The molecule has 0 amide bonds. The number of allylic oxidation sites excluding steroid dienone is 1. The maximum Gasteiger partial charge on any atom is 0.416 e. The monoisotopic (exact) mass is 535 g/mol. The summed E-state index contributed by atoms with van der Waals surface area (Å²) in [4.78, 5) is 0. The third-order valence-corrected chi connectivity index (χ3v) is 5.15. The van der Waals surface area contributed by atoms with E-state index < -0.39 is 11.7 Å². The fourth-order valence-corrected chi connectivity index (χ4v) is 3.20. The topological polar surface area (TPSA) is 42.2 Å². The third kappa shape index (κ3) is 6.01. The largest absolute Gasteiger partial charge is 0.493 e. The van der Waals surface area contributed by atoms with Crippen LogP contribution in [-0.4, -0.2) is 7.11 Å². The van der Waals surface area contributed by atoms with E-state index in [1.165, 1.54) is 25.3 Å². The zero-order valence-corrected chi connectivity index (χ0v) is 18.6. The summed E-state index contributed by atoms with van der Waals surface area (Å²) in [7, 11) is 1.50. The Morgan fingerprint density at radius 1 is 1.03 bits per heavy atom. The molecule has 158 valence electrons. The van der Waals surface area contributed by atoms with Gasteiger partial charge in [0, 0.05) is 3.57 Å². The molecule has 0 saturated heterocycles. The van der Waals surface area contributed by atoms with Crippen molar-refractivity contribution in [2.75, 3.05) is 7.11 Å². The first-order chi connectivity index (χ1) is 14.8. The van der Waals surface area contributed by atoms with E-state index in [9.17, 15) is 18.4 Å². The van der Waals surface area contributed by atoms with Gasteiger partial charge in [0.2, 0.25) is 0 Å². The van der Waals surface area contributed by atoms with Crippen LogP contribution in [0.15, 0.2) is 66.7 Å². The fourth-order valence-electron chi connectivity index (χ4n) is 2.84. The highest BCUT2D eigenvalue weighted by molar-refractivity contribution is 14.1. The Morgan fingerprint density at radius 3 is 2.42 bits per heavy atom. The van der Waals surface area contributed by atoms with Gasteiger partial charge in [0.25, 0.3) is 0 Å². The van der Waals surface area contributed by atoms with E-state index in [4.69, 9.17) is 9.47 Å². The van der Waals surface area contributed by atoms with Gasteiger partial charge in [0.15, 0.2) is 11.5 Å². The molecule has 0 fully saturated rings. The van der Waals surface area contributed by atoms with Crippen molar-refractivity contribution in [3.63, 3.8) is 0 Å². The number of methoxy groups -OCH3 is 1. The molecule has 0 bridgehead atoms. The standard InChI is InChI=1S/C24H17F3INO2/c1-30-23-12-17(7-10-22(23)31-15-16-5-8-21(28)9-6-16)11-19(14-29)18-3-2-4-20(13-18)24(25,26)27/h2-13H,15H2,1H3/b19-11-. The van der Waals surface area contributed by atoms with Gasteiger partial charge in [-0.3, -0.25) is 0 Å². The first-order valence-corrected chi connectivity index (χ1v) is 10.2. The lowest BCUT2D eigenvalue weighted by molar-refractivity contribution is -0.137. The van der Waals surface area contributed by atoms with Crippen molar-refractivity contribution >= 4 is 34.2 Å². The van der Waals surface area contributed by atoms with E-state index in [0.29, 0.717) is 23.7 Å². The van der Waals surface area contributed by atoms with Crippen LogP contribution in [-0.2, 0) is 12.8 Å². The van der Waals surface area contributed by atoms with Gasteiger partial charge >= 0.3 is 6.18 Å². The van der Waals surface area contributed by atoms with Crippen LogP contribution in [0, 0.1) is 14.9 Å². The summed E-state index contributed by atoms with van der Waals surface area (Å²) in [6, 6.07) is 19.7. The van der Waals surface area contributed by atoms with E-state index in [1.807, 2.05) is 30.3 Å². The fraction of sp³-hybridized carbons (Fsp3) is 0.125. The number of benzene rings is 3. The highest BCUT2D eigenvalue weighted by Crippen LogP contribution is 2.33. The number of alkyl halides is 3. The van der Waals surface area contributed by atoms with Gasteiger partial charge in [-0.15, -0.1) is 0 Å². The summed E-state index contributed by atoms with van der Waals surface area (Å²) in [6.07, 6.45) is -2.96. The molecule has 0 N–H and O–H groups in total. The highest BCUT2D eigenvalue weighted by Gasteiger charge is 2.30. The summed E-state index contributed by atoms with van der Waals surface area (Å²) >= 11 is 2.23. The smallest absolute Gasteiger partial charge is 0.416 e. The summed E-state index contributed by atoms with van der Waals surface area (Å²) in [5.41, 5.74) is 1.11. The van der Waals surface area contributed by atoms with Gasteiger partial charge in [-0.05, 0) is 81.8 Å². The molecule has 0 saturated carbocycles. The van der Waals surface area contributed by atoms with E-state index in [0.717, 1.165) is 21.3 Å². The molecular weight excluding hydrogens is 518 g/mol. The summed E-state index contributed by atoms with van der Waals surface area (Å²) in [6.45, 7) is 0.357. The molecule has 0 spiro atoms. The predicted octanol–water partition coefficient (Wildman–Crippen LogP) is 6.96. The van der Waals surface area contributed by atoms with Crippen molar-refractivity contribution < 1.29 is 22.6 Å². The number of halogens is 4. The minimum absolute atomic E-state index is 0.112. The number of rotatable bonds is 6. The van der Waals surface area contributed by atoms with Crippen molar-refractivity contribution in [1.29, 1.82) is 5.26 Å². The number of nitriles is 1. The first kappa shape index (κ1) is 22.7. The molecule has 0 aliphatic heterocycles. The highest BCUT2D eigenvalue weighted by atomic mass is 127. The summed E-state index contributed by atoms with van der Waals surface area (Å²) in [5.74, 6) is 0.983. The number of hydrogen-bond donors (Lipinski definition) is 0. The Labute approximate surface area is 191 Å². The van der Waals surface area contributed by atoms with Gasteiger partial charge in [-0.1, -0.05) is 30.3 Å². The number of ether oxygens (including phenoxy) is 2. The van der Waals surface area contributed by atoms with E-state index in [-0.39, 0.29) is 11.1 Å². The molecule has 0 radical (unpaired) electrons. The van der Waals surface area contributed by atoms with Crippen molar-refractivity contribution in [1.82, 2.24) is 0 Å². The van der Waals surface area contributed by atoms with Crippen LogP contribution < -0.4 is 9.47 Å². The summed E-state index contributed by atoms with van der Waals surface area (Å²) in [5, 5.41) is 9.49. The Hall–Kier alpha value is -2.99. The molecule has 3 rings (SSSR count). The summed E-state index contributed by atoms with van der Waals surface area (Å²) < 4.78 is 51.3. The minimum Gasteiger partial charge on any atom is -0.493 e. The first-order valence-electron chi connectivity index (χ1n) is 9.15. The average molecular weight is 535 g/mol. The van der Waals surface area contributed by atoms with Crippen LogP contribution in [0.5, 0.6) is 11.5 Å². The molecule has 3 aromatic carbocycles. The second-order valence-electron chi connectivity index (χ2n) is 6.57. The van der Waals surface area contributed by atoms with Gasteiger partial charge < -0.3 is 9.47 Å². The lowest BCUT2D eigenvalue weighted by atomic mass is 10.0. The zero-order chi connectivity index (χ0) is 22.4. The molecule has 0 aliphatic carbocycles. The molecule has 0 atom stereocenters.